The summed E-state index contributed by atoms with van der Waals surface area (Å²) in [6, 6.07) is 7.34. The first-order valence-corrected chi connectivity index (χ1v) is 5.61. The van der Waals surface area contributed by atoms with Gasteiger partial charge < -0.3 is 5.32 Å². The molecule has 1 aromatic rings. The van der Waals surface area contributed by atoms with E-state index in [1.165, 1.54) is 6.07 Å². The molecule has 2 unspecified atom stereocenters. The van der Waals surface area contributed by atoms with E-state index < -0.39 is 0 Å². The van der Waals surface area contributed by atoms with Gasteiger partial charge in [0.1, 0.15) is 5.82 Å². The standard InChI is InChI=1S/C13H20FN/c1-4-15-11(3)10(2)8-12-6-5-7-13(14)9-12/h5-7,9-11,15H,4,8H2,1-3H3. The van der Waals surface area contributed by atoms with Gasteiger partial charge in [-0.25, -0.2) is 4.39 Å². The average Bonchev–Trinajstić information content (AvgIpc) is 2.18. The molecule has 2 heteroatoms. The number of nitrogens with one attached hydrogen (secondary N) is 1. The third kappa shape index (κ3) is 4.00. The normalized spacial score (nSPS) is 14.9. The van der Waals surface area contributed by atoms with Crippen molar-refractivity contribution < 1.29 is 4.39 Å². The minimum atomic E-state index is -0.143. The van der Waals surface area contributed by atoms with Gasteiger partial charge in [0, 0.05) is 6.04 Å². The zero-order chi connectivity index (χ0) is 11.3. The molecule has 0 spiro atoms. The first-order chi connectivity index (χ1) is 7.13. The Morgan fingerprint density at radius 1 is 1.33 bits per heavy atom. The lowest BCUT2D eigenvalue weighted by atomic mass is 9.95. The molecule has 0 aliphatic carbocycles. The van der Waals surface area contributed by atoms with Crippen molar-refractivity contribution in [2.45, 2.75) is 33.2 Å². The predicted molar refractivity (Wildman–Crippen MR) is 62.4 cm³/mol. The van der Waals surface area contributed by atoms with Crippen molar-refractivity contribution in [3.63, 3.8) is 0 Å². The van der Waals surface area contributed by atoms with Gasteiger partial charge in [-0.05, 0) is 43.5 Å². The molecule has 0 saturated heterocycles. The van der Waals surface area contributed by atoms with Crippen molar-refractivity contribution >= 4 is 0 Å². The summed E-state index contributed by atoms with van der Waals surface area (Å²) in [5.74, 6) is 0.377. The molecular weight excluding hydrogens is 189 g/mol. The Labute approximate surface area is 91.7 Å². The monoisotopic (exact) mass is 209 g/mol. The van der Waals surface area contributed by atoms with Gasteiger partial charge in [0.25, 0.3) is 0 Å². The fraction of sp³-hybridized carbons (Fsp3) is 0.538. The van der Waals surface area contributed by atoms with Crippen LogP contribution in [0.25, 0.3) is 0 Å². The minimum absolute atomic E-state index is 0.143. The molecule has 0 aliphatic heterocycles. The lowest BCUT2D eigenvalue weighted by Gasteiger charge is -2.20. The third-order valence-electron chi connectivity index (χ3n) is 2.83. The number of benzene rings is 1. The van der Waals surface area contributed by atoms with E-state index in [2.05, 4.69) is 26.1 Å². The highest BCUT2D eigenvalue weighted by Gasteiger charge is 2.11. The summed E-state index contributed by atoms with van der Waals surface area (Å²) in [4.78, 5) is 0. The van der Waals surface area contributed by atoms with Crippen LogP contribution in [0.4, 0.5) is 4.39 Å². The van der Waals surface area contributed by atoms with E-state index in [-0.39, 0.29) is 5.82 Å². The van der Waals surface area contributed by atoms with Gasteiger partial charge in [0.2, 0.25) is 0 Å². The summed E-state index contributed by atoms with van der Waals surface area (Å²) in [6.45, 7) is 7.45. The lowest BCUT2D eigenvalue weighted by Crippen LogP contribution is -2.32. The Balaban J connectivity index is 2.54. The van der Waals surface area contributed by atoms with Crippen LogP contribution in [-0.4, -0.2) is 12.6 Å². The quantitative estimate of drug-likeness (QED) is 0.786. The molecule has 1 N–H and O–H groups in total. The van der Waals surface area contributed by atoms with Crippen molar-refractivity contribution in [3.05, 3.63) is 35.6 Å². The van der Waals surface area contributed by atoms with Crippen molar-refractivity contribution in [2.24, 2.45) is 5.92 Å². The first kappa shape index (κ1) is 12.2. The molecule has 1 rings (SSSR count). The van der Waals surface area contributed by atoms with Crippen molar-refractivity contribution in [1.82, 2.24) is 5.32 Å². The maximum atomic E-state index is 13.0. The maximum absolute atomic E-state index is 13.0. The molecule has 1 nitrogen and oxygen atoms in total. The number of hydrogen-bond donors (Lipinski definition) is 1. The maximum Gasteiger partial charge on any atom is 0.123 e. The van der Waals surface area contributed by atoms with E-state index in [1.54, 1.807) is 12.1 Å². The molecular formula is C13H20FN. The second-order valence-corrected chi connectivity index (χ2v) is 4.16. The zero-order valence-electron chi connectivity index (χ0n) is 9.76. The highest BCUT2D eigenvalue weighted by Crippen LogP contribution is 2.13. The van der Waals surface area contributed by atoms with E-state index in [0.717, 1.165) is 18.5 Å². The van der Waals surface area contributed by atoms with Crippen LogP contribution in [0, 0.1) is 11.7 Å². The van der Waals surface area contributed by atoms with Crippen LogP contribution in [0.5, 0.6) is 0 Å². The van der Waals surface area contributed by atoms with E-state index in [4.69, 9.17) is 0 Å². The van der Waals surface area contributed by atoms with E-state index in [0.29, 0.717) is 12.0 Å². The van der Waals surface area contributed by atoms with E-state index in [9.17, 15) is 4.39 Å². The molecule has 15 heavy (non-hydrogen) atoms. The first-order valence-electron chi connectivity index (χ1n) is 5.61. The second-order valence-electron chi connectivity index (χ2n) is 4.16. The van der Waals surface area contributed by atoms with Gasteiger partial charge in [0.15, 0.2) is 0 Å². The Morgan fingerprint density at radius 2 is 2.07 bits per heavy atom. The fourth-order valence-electron chi connectivity index (χ4n) is 1.74. The van der Waals surface area contributed by atoms with Crippen LogP contribution in [-0.2, 0) is 6.42 Å². The molecule has 0 radical (unpaired) electrons. The largest absolute Gasteiger partial charge is 0.314 e. The molecule has 0 heterocycles. The molecule has 0 aliphatic rings. The lowest BCUT2D eigenvalue weighted by molar-refractivity contribution is 0.406. The highest BCUT2D eigenvalue weighted by atomic mass is 19.1. The summed E-state index contributed by atoms with van der Waals surface area (Å²) >= 11 is 0. The van der Waals surface area contributed by atoms with Gasteiger partial charge in [-0.15, -0.1) is 0 Å². The van der Waals surface area contributed by atoms with Crippen LogP contribution in [0.1, 0.15) is 26.3 Å². The van der Waals surface area contributed by atoms with Gasteiger partial charge in [-0.1, -0.05) is 26.0 Å². The predicted octanol–water partition coefficient (Wildman–Crippen LogP) is 3.00. The SMILES string of the molecule is CCNC(C)C(C)Cc1cccc(F)c1. The summed E-state index contributed by atoms with van der Waals surface area (Å²) in [5.41, 5.74) is 1.08. The molecule has 0 aromatic heterocycles. The average molecular weight is 209 g/mol. The molecule has 0 amide bonds. The van der Waals surface area contributed by atoms with E-state index in [1.807, 2.05) is 6.07 Å². The minimum Gasteiger partial charge on any atom is -0.314 e. The number of rotatable bonds is 5. The smallest absolute Gasteiger partial charge is 0.123 e. The zero-order valence-corrected chi connectivity index (χ0v) is 9.76. The summed E-state index contributed by atoms with van der Waals surface area (Å²) in [6.07, 6.45) is 0.923. The van der Waals surface area contributed by atoms with Crippen LogP contribution in [0.15, 0.2) is 24.3 Å². The fourth-order valence-corrected chi connectivity index (χ4v) is 1.74. The summed E-state index contributed by atoms with van der Waals surface area (Å²) in [5, 5.41) is 3.39. The number of halogens is 1. The Morgan fingerprint density at radius 3 is 2.67 bits per heavy atom. The molecule has 2 atom stereocenters. The number of hydrogen-bond acceptors (Lipinski definition) is 1. The molecule has 0 bridgehead atoms. The highest BCUT2D eigenvalue weighted by molar-refractivity contribution is 5.16. The van der Waals surface area contributed by atoms with E-state index >= 15 is 0 Å². The molecule has 0 fully saturated rings. The van der Waals surface area contributed by atoms with Crippen LogP contribution >= 0.6 is 0 Å². The molecule has 0 saturated carbocycles. The Bertz CT molecular complexity index is 298. The summed E-state index contributed by atoms with van der Waals surface area (Å²) in [7, 11) is 0. The van der Waals surface area contributed by atoms with Gasteiger partial charge >= 0.3 is 0 Å². The second kappa shape index (κ2) is 5.86. The third-order valence-corrected chi connectivity index (χ3v) is 2.83. The van der Waals surface area contributed by atoms with Gasteiger partial charge in [-0.2, -0.15) is 0 Å². The Kier molecular flexibility index (Phi) is 4.76. The van der Waals surface area contributed by atoms with Crippen LogP contribution in [0.3, 0.4) is 0 Å². The summed E-state index contributed by atoms with van der Waals surface area (Å²) < 4.78 is 13.0. The van der Waals surface area contributed by atoms with Crippen molar-refractivity contribution in [3.8, 4) is 0 Å². The van der Waals surface area contributed by atoms with Gasteiger partial charge in [-0.3, -0.25) is 0 Å². The van der Waals surface area contributed by atoms with Crippen LogP contribution < -0.4 is 5.32 Å². The van der Waals surface area contributed by atoms with Crippen LogP contribution in [0.2, 0.25) is 0 Å². The van der Waals surface area contributed by atoms with Crippen molar-refractivity contribution in [1.29, 1.82) is 0 Å². The molecule has 1 aromatic carbocycles. The van der Waals surface area contributed by atoms with Gasteiger partial charge in [0.05, 0.1) is 0 Å². The molecule has 84 valence electrons. The topological polar surface area (TPSA) is 12.0 Å². The Hall–Kier alpha value is -0.890. The van der Waals surface area contributed by atoms with Crippen molar-refractivity contribution in [2.75, 3.05) is 6.54 Å².